The molecule has 0 aliphatic heterocycles. The number of rotatable bonds is 9. The van der Waals surface area contributed by atoms with Gasteiger partial charge < -0.3 is 20.1 Å². The van der Waals surface area contributed by atoms with Gasteiger partial charge in [0.15, 0.2) is 5.96 Å². The summed E-state index contributed by atoms with van der Waals surface area (Å²) in [4.78, 5) is 5.90. The van der Waals surface area contributed by atoms with Gasteiger partial charge in [-0.3, -0.25) is 0 Å². The summed E-state index contributed by atoms with van der Waals surface area (Å²) in [7, 11) is 3.40. The Bertz CT molecular complexity index is 659. The Balaban J connectivity index is 0.00000338. The van der Waals surface area contributed by atoms with Gasteiger partial charge in [-0.1, -0.05) is 12.1 Å². The molecule has 2 rings (SSSR count). The number of nitrogens with zero attached hydrogens (tertiary/aromatic N) is 1. The number of ether oxygens (including phenoxy) is 2. The molecule has 0 fully saturated rings. The van der Waals surface area contributed by atoms with Gasteiger partial charge in [0.1, 0.15) is 5.75 Å². The van der Waals surface area contributed by atoms with Crippen molar-refractivity contribution in [1.29, 1.82) is 0 Å². The molecule has 0 saturated heterocycles. The maximum absolute atomic E-state index is 5.21. The number of methoxy groups -OCH3 is 2. The van der Waals surface area contributed by atoms with E-state index in [1.165, 1.54) is 16.0 Å². The molecule has 0 bridgehead atoms. The third-order valence-corrected chi connectivity index (χ3v) is 4.55. The maximum Gasteiger partial charge on any atom is 0.191 e. The Morgan fingerprint density at radius 2 is 1.88 bits per heavy atom. The summed E-state index contributed by atoms with van der Waals surface area (Å²) in [6, 6.07) is 10.3. The minimum absolute atomic E-state index is 0. The van der Waals surface area contributed by atoms with Gasteiger partial charge in [-0.15, -0.1) is 35.3 Å². The zero-order chi connectivity index (χ0) is 17.9. The average Bonchev–Trinajstić information content (AvgIpc) is 3.12. The zero-order valence-corrected chi connectivity index (χ0v) is 18.7. The smallest absolute Gasteiger partial charge is 0.191 e. The van der Waals surface area contributed by atoms with Crippen molar-refractivity contribution in [2.75, 3.05) is 33.9 Å². The van der Waals surface area contributed by atoms with Gasteiger partial charge in [0.2, 0.25) is 0 Å². The fourth-order valence-electron chi connectivity index (χ4n) is 2.32. The number of aliphatic imine (C=N–C) groups is 1. The van der Waals surface area contributed by atoms with Crippen molar-refractivity contribution >= 4 is 41.3 Å². The van der Waals surface area contributed by atoms with E-state index in [1.54, 1.807) is 25.6 Å². The van der Waals surface area contributed by atoms with Crippen LogP contribution in [0.15, 0.2) is 40.7 Å². The fourth-order valence-corrected chi connectivity index (χ4v) is 3.14. The summed E-state index contributed by atoms with van der Waals surface area (Å²) in [5.74, 6) is 1.72. The van der Waals surface area contributed by atoms with Gasteiger partial charge in [0, 0.05) is 31.7 Å². The van der Waals surface area contributed by atoms with Gasteiger partial charge in [0.25, 0.3) is 0 Å². The molecule has 1 heterocycles. The summed E-state index contributed by atoms with van der Waals surface area (Å²) in [6.07, 6.45) is 0.960. The fraction of sp³-hybridized carbons (Fsp3) is 0.421. The van der Waals surface area contributed by atoms with Crippen LogP contribution in [0.4, 0.5) is 0 Å². The maximum atomic E-state index is 5.21. The molecular formula is C19H28IN3O2S. The molecular weight excluding hydrogens is 461 g/mol. The lowest BCUT2D eigenvalue weighted by molar-refractivity contribution is 0.195. The first-order chi connectivity index (χ1) is 12.3. The van der Waals surface area contributed by atoms with Crippen molar-refractivity contribution in [3.8, 4) is 16.9 Å². The number of halogens is 1. The molecule has 7 heteroatoms. The Morgan fingerprint density at radius 1 is 1.12 bits per heavy atom. The lowest BCUT2D eigenvalue weighted by Gasteiger charge is -2.10. The second kappa shape index (κ2) is 12.9. The van der Waals surface area contributed by atoms with Crippen molar-refractivity contribution in [3.63, 3.8) is 0 Å². The summed E-state index contributed by atoms with van der Waals surface area (Å²) < 4.78 is 10.3. The number of nitrogens with one attached hydrogen (secondary N) is 2. The number of thiophene rings is 1. The average molecular weight is 489 g/mol. The zero-order valence-electron chi connectivity index (χ0n) is 15.6. The predicted octanol–water partition coefficient (Wildman–Crippen LogP) is 4.13. The monoisotopic (exact) mass is 489 g/mol. The van der Waals surface area contributed by atoms with Crippen LogP contribution in [-0.4, -0.2) is 39.9 Å². The molecule has 0 radical (unpaired) electrons. The van der Waals surface area contributed by atoms with E-state index >= 15 is 0 Å². The van der Waals surface area contributed by atoms with Gasteiger partial charge in [-0.25, -0.2) is 4.99 Å². The summed E-state index contributed by atoms with van der Waals surface area (Å²) in [6.45, 7) is 5.18. The second-order valence-electron chi connectivity index (χ2n) is 5.50. The highest BCUT2D eigenvalue weighted by molar-refractivity contribution is 14.0. The van der Waals surface area contributed by atoms with Crippen LogP contribution < -0.4 is 15.4 Å². The Labute approximate surface area is 177 Å². The molecule has 2 aromatic rings. The highest BCUT2D eigenvalue weighted by Gasteiger charge is 2.04. The van der Waals surface area contributed by atoms with E-state index in [9.17, 15) is 0 Å². The van der Waals surface area contributed by atoms with Crippen LogP contribution in [0.1, 0.15) is 18.2 Å². The van der Waals surface area contributed by atoms with E-state index in [2.05, 4.69) is 46.1 Å². The second-order valence-corrected chi connectivity index (χ2v) is 6.49. The molecule has 1 aromatic heterocycles. The third-order valence-electron chi connectivity index (χ3n) is 3.63. The van der Waals surface area contributed by atoms with Crippen molar-refractivity contribution in [1.82, 2.24) is 10.6 Å². The molecule has 0 spiro atoms. The van der Waals surface area contributed by atoms with Gasteiger partial charge in [-0.2, -0.15) is 0 Å². The van der Waals surface area contributed by atoms with Crippen LogP contribution in [0.5, 0.6) is 5.75 Å². The lowest BCUT2D eigenvalue weighted by atomic mass is 10.1. The van der Waals surface area contributed by atoms with Gasteiger partial charge >= 0.3 is 0 Å². The molecule has 2 N–H and O–H groups in total. The molecule has 0 amide bonds. The van der Waals surface area contributed by atoms with E-state index < -0.39 is 0 Å². The van der Waals surface area contributed by atoms with Crippen molar-refractivity contribution < 1.29 is 9.47 Å². The summed E-state index contributed by atoms with van der Waals surface area (Å²) >= 11 is 1.73. The molecule has 144 valence electrons. The molecule has 0 atom stereocenters. The van der Waals surface area contributed by atoms with Crippen molar-refractivity contribution in [2.45, 2.75) is 19.9 Å². The van der Waals surface area contributed by atoms with Crippen LogP contribution in [0.3, 0.4) is 0 Å². The summed E-state index contributed by atoms with van der Waals surface area (Å²) in [5.41, 5.74) is 2.41. The molecule has 1 aromatic carbocycles. The summed E-state index contributed by atoms with van der Waals surface area (Å²) in [5, 5.41) is 8.77. The SMILES string of the molecule is CCNC(=NCc1cc(-c2ccc(OC)cc2)cs1)NCCCOC.I. The van der Waals surface area contributed by atoms with E-state index in [4.69, 9.17) is 9.47 Å². The highest BCUT2D eigenvalue weighted by Crippen LogP contribution is 2.27. The van der Waals surface area contributed by atoms with Crippen LogP contribution in [0.2, 0.25) is 0 Å². The topological polar surface area (TPSA) is 54.9 Å². The first-order valence-corrected chi connectivity index (χ1v) is 9.37. The number of guanidine groups is 1. The van der Waals surface area contributed by atoms with Crippen molar-refractivity contribution in [2.24, 2.45) is 4.99 Å². The minimum atomic E-state index is 0. The van der Waals surface area contributed by atoms with E-state index in [0.717, 1.165) is 37.8 Å². The lowest BCUT2D eigenvalue weighted by Crippen LogP contribution is -2.38. The molecule has 0 unspecified atom stereocenters. The number of hydrogen-bond acceptors (Lipinski definition) is 4. The Hall–Kier alpha value is -1.32. The largest absolute Gasteiger partial charge is 0.497 e. The van der Waals surface area contributed by atoms with Gasteiger partial charge in [0.05, 0.1) is 13.7 Å². The third kappa shape index (κ3) is 7.51. The normalized spacial score (nSPS) is 11.0. The Kier molecular flexibility index (Phi) is 11.3. The van der Waals surface area contributed by atoms with Crippen LogP contribution in [0, 0.1) is 0 Å². The van der Waals surface area contributed by atoms with E-state index in [-0.39, 0.29) is 24.0 Å². The van der Waals surface area contributed by atoms with E-state index in [1.807, 2.05) is 12.1 Å². The van der Waals surface area contributed by atoms with Crippen LogP contribution >= 0.6 is 35.3 Å². The highest BCUT2D eigenvalue weighted by atomic mass is 127. The quantitative estimate of drug-likeness (QED) is 0.241. The minimum Gasteiger partial charge on any atom is -0.497 e. The van der Waals surface area contributed by atoms with E-state index in [0.29, 0.717) is 6.54 Å². The number of hydrogen-bond donors (Lipinski definition) is 2. The van der Waals surface area contributed by atoms with Crippen molar-refractivity contribution in [3.05, 3.63) is 40.6 Å². The van der Waals surface area contributed by atoms with Crippen LogP contribution in [-0.2, 0) is 11.3 Å². The first-order valence-electron chi connectivity index (χ1n) is 8.49. The molecule has 0 aliphatic rings. The Morgan fingerprint density at radius 3 is 2.54 bits per heavy atom. The molecule has 5 nitrogen and oxygen atoms in total. The number of benzene rings is 1. The molecule has 0 aliphatic carbocycles. The molecule has 26 heavy (non-hydrogen) atoms. The van der Waals surface area contributed by atoms with Gasteiger partial charge in [-0.05, 0) is 48.1 Å². The first kappa shape index (κ1) is 22.7. The van der Waals surface area contributed by atoms with Crippen LogP contribution in [0.25, 0.3) is 11.1 Å². The standard InChI is InChI=1S/C19H27N3O2S.HI/c1-4-20-19(21-10-5-11-23-2)22-13-18-12-16(14-25-18)15-6-8-17(24-3)9-7-15;/h6-9,12,14H,4-5,10-11,13H2,1-3H3,(H2,20,21,22);1H. The predicted molar refractivity (Wildman–Crippen MR) is 121 cm³/mol. The molecule has 0 saturated carbocycles.